The molecule has 2 N–H and O–H groups in total. The fourth-order valence-corrected chi connectivity index (χ4v) is 2.39. The molecule has 21 heavy (non-hydrogen) atoms. The van der Waals surface area contributed by atoms with E-state index < -0.39 is 6.10 Å². The zero-order valence-electron chi connectivity index (χ0n) is 14.4. The van der Waals surface area contributed by atoms with Gasteiger partial charge in [0.2, 0.25) is 0 Å². The van der Waals surface area contributed by atoms with Crippen molar-refractivity contribution in [2.75, 3.05) is 27.2 Å². The molecule has 0 spiro atoms. The summed E-state index contributed by atoms with van der Waals surface area (Å²) in [6, 6.07) is 8.70. The van der Waals surface area contributed by atoms with Gasteiger partial charge in [-0.3, -0.25) is 0 Å². The molecule has 1 aromatic carbocycles. The van der Waals surface area contributed by atoms with Crippen molar-refractivity contribution in [3.05, 3.63) is 35.4 Å². The van der Waals surface area contributed by atoms with E-state index in [4.69, 9.17) is 0 Å². The van der Waals surface area contributed by atoms with Crippen LogP contribution in [0.2, 0.25) is 0 Å². The zero-order valence-corrected chi connectivity index (χ0v) is 14.4. The normalized spacial score (nSPS) is 15.0. The highest BCUT2D eigenvalue weighted by molar-refractivity contribution is 5.26. The van der Waals surface area contributed by atoms with Crippen LogP contribution in [0.5, 0.6) is 0 Å². The molecule has 1 aromatic rings. The highest BCUT2D eigenvalue weighted by atomic mass is 16.3. The number of nitrogens with one attached hydrogen (secondary N) is 1. The number of benzene rings is 1. The van der Waals surface area contributed by atoms with Crippen molar-refractivity contribution in [3.63, 3.8) is 0 Å². The van der Waals surface area contributed by atoms with E-state index in [0.717, 1.165) is 12.1 Å². The molecule has 0 fully saturated rings. The van der Waals surface area contributed by atoms with Crippen LogP contribution < -0.4 is 5.32 Å². The van der Waals surface area contributed by atoms with E-state index in [1.807, 2.05) is 12.1 Å². The highest BCUT2D eigenvalue weighted by Gasteiger charge is 2.16. The third-order valence-electron chi connectivity index (χ3n) is 3.93. The maximum Gasteiger partial charge on any atom is 0.0914 e. The van der Waals surface area contributed by atoms with Gasteiger partial charge in [0.15, 0.2) is 0 Å². The maximum atomic E-state index is 10.3. The van der Waals surface area contributed by atoms with Gasteiger partial charge in [-0.15, -0.1) is 0 Å². The summed E-state index contributed by atoms with van der Waals surface area (Å²) in [4.78, 5) is 2.18. The molecule has 2 atom stereocenters. The summed E-state index contributed by atoms with van der Waals surface area (Å²) in [6.07, 6.45) is -0.449. The quantitative estimate of drug-likeness (QED) is 0.773. The minimum atomic E-state index is -0.449. The first-order chi connectivity index (χ1) is 9.81. The number of nitrogens with zero attached hydrogens (tertiary/aromatic N) is 1. The third-order valence-corrected chi connectivity index (χ3v) is 3.93. The summed E-state index contributed by atoms with van der Waals surface area (Å²) in [5.74, 6) is 1.07. The molecule has 1 rings (SSSR count). The van der Waals surface area contributed by atoms with Crippen molar-refractivity contribution in [3.8, 4) is 0 Å². The SMILES string of the molecule is CC(C)c1ccc(C(O)CNC(CN(C)C)C(C)C)cc1. The number of hydrogen-bond acceptors (Lipinski definition) is 3. The number of aliphatic hydroxyl groups excluding tert-OH is 1. The Bertz CT molecular complexity index is 398. The van der Waals surface area contributed by atoms with Crippen LogP contribution in [0.4, 0.5) is 0 Å². The molecule has 0 aliphatic heterocycles. The van der Waals surface area contributed by atoms with Gasteiger partial charge in [-0.25, -0.2) is 0 Å². The molecule has 0 saturated heterocycles. The smallest absolute Gasteiger partial charge is 0.0914 e. The van der Waals surface area contributed by atoms with Crippen molar-refractivity contribution in [2.24, 2.45) is 5.92 Å². The molecule has 0 aliphatic rings. The summed E-state index contributed by atoms with van der Waals surface area (Å²) >= 11 is 0. The van der Waals surface area contributed by atoms with Crippen LogP contribution in [0.3, 0.4) is 0 Å². The van der Waals surface area contributed by atoms with Gasteiger partial charge in [0.25, 0.3) is 0 Å². The lowest BCUT2D eigenvalue weighted by Gasteiger charge is -2.27. The Morgan fingerprint density at radius 1 is 1.00 bits per heavy atom. The predicted molar refractivity (Wildman–Crippen MR) is 90.7 cm³/mol. The summed E-state index contributed by atoms with van der Waals surface area (Å²) < 4.78 is 0. The van der Waals surface area contributed by atoms with Gasteiger partial charge in [-0.05, 0) is 37.1 Å². The molecule has 0 amide bonds. The lowest BCUT2D eigenvalue weighted by Crippen LogP contribution is -2.43. The van der Waals surface area contributed by atoms with Crippen LogP contribution in [-0.4, -0.2) is 43.2 Å². The Balaban J connectivity index is 2.57. The Hall–Kier alpha value is -0.900. The van der Waals surface area contributed by atoms with Gasteiger partial charge >= 0.3 is 0 Å². The third kappa shape index (κ3) is 6.16. The molecule has 0 aromatic heterocycles. The molecule has 0 heterocycles. The van der Waals surface area contributed by atoms with E-state index in [-0.39, 0.29) is 0 Å². The van der Waals surface area contributed by atoms with Crippen molar-refractivity contribution >= 4 is 0 Å². The monoisotopic (exact) mass is 292 g/mol. The molecule has 120 valence electrons. The first kappa shape index (κ1) is 18.1. The van der Waals surface area contributed by atoms with E-state index in [0.29, 0.717) is 24.4 Å². The second kappa shape index (κ2) is 8.52. The van der Waals surface area contributed by atoms with Gasteiger partial charge in [-0.2, -0.15) is 0 Å². The lowest BCUT2D eigenvalue weighted by molar-refractivity contribution is 0.160. The van der Waals surface area contributed by atoms with Gasteiger partial charge in [-0.1, -0.05) is 52.0 Å². The Labute approximate surface area is 130 Å². The maximum absolute atomic E-state index is 10.3. The number of likely N-dealkylation sites (N-methyl/N-ethyl adjacent to an activating group) is 1. The van der Waals surface area contributed by atoms with Crippen molar-refractivity contribution < 1.29 is 5.11 Å². The molecule has 3 nitrogen and oxygen atoms in total. The van der Waals surface area contributed by atoms with E-state index in [1.54, 1.807) is 0 Å². The number of rotatable bonds is 8. The van der Waals surface area contributed by atoms with Gasteiger partial charge in [0, 0.05) is 19.1 Å². The number of aliphatic hydroxyl groups is 1. The van der Waals surface area contributed by atoms with Crippen LogP contribution in [-0.2, 0) is 0 Å². The van der Waals surface area contributed by atoms with Crippen LogP contribution in [0, 0.1) is 5.92 Å². The highest BCUT2D eigenvalue weighted by Crippen LogP contribution is 2.18. The van der Waals surface area contributed by atoms with Crippen LogP contribution in [0.25, 0.3) is 0 Å². The Kier molecular flexibility index (Phi) is 7.36. The second-order valence-electron chi connectivity index (χ2n) is 6.86. The van der Waals surface area contributed by atoms with Crippen molar-refractivity contribution in [2.45, 2.75) is 45.8 Å². The van der Waals surface area contributed by atoms with Crippen LogP contribution in [0.15, 0.2) is 24.3 Å². The molecule has 3 heteroatoms. The van der Waals surface area contributed by atoms with E-state index >= 15 is 0 Å². The van der Waals surface area contributed by atoms with Crippen LogP contribution >= 0.6 is 0 Å². The van der Waals surface area contributed by atoms with Gasteiger partial charge in [0.05, 0.1) is 6.10 Å². The Morgan fingerprint density at radius 3 is 1.95 bits per heavy atom. The summed E-state index contributed by atoms with van der Waals surface area (Å²) in [5.41, 5.74) is 2.30. The Morgan fingerprint density at radius 2 is 1.52 bits per heavy atom. The minimum absolute atomic E-state index is 0.393. The lowest BCUT2D eigenvalue weighted by atomic mass is 9.99. The predicted octanol–water partition coefficient (Wildman–Crippen LogP) is 3.02. The van der Waals surface area contributed by atoms with Gasteiger partial charge in [0.1, 0.15) is 0 Å². The minimum Gasteiger partial charge on any atom is -0.387 e. The molecular formula is C18H32N2O. The molecular weight excluding hydrogens is 260 g/mol. The average molecular weight is 292 g/mol. The molecule has 2 unspecified atom stereocenters. The molecule has 0 bridgehead atoms. The first-order valence-corrected chi connectivity index (χ1v) is 7.97. The van der Waals surface area contributed by atoms with Crippen molar-refractivity contribution in [1.82, 2.24) is 10.2 Å². The molecule has 0 saturated carbocycles. The number of hydrogen-bond donors (Lipinski definition) is 2. The second-order valence-corrected chi connectivity index (χ2v) is 6.86. The van der Waals surface area contributed by atoms with E-state index in [1.165, 1.54) is 5.56 Å². The standard InChI is InChI=1S/C18H32N2O/c1-13(2)15-7-9-16(10-8-15)18(21)11-19-17(14(3)4)12-20(5)6/h7-10,13-14,17-19,21H,11-12H2,1-6H3. The largest absolute Gasteiger partial charge is 0.387 e. The fraction of sp³-hybridized carbons (Fsp3) is 0.667. The average Bonchev–Trinajstić information content (AvgIpc) is 2.42. The molecule has 0 aliphatic carbocycles. The summed E-state index contributed by atoms with van der Waals surface area (Å²) in [5, 5.41) is 13.8. The summed E-state index contributed by atoms with van der Waals surface area (Å²) in [6.45, 7) is 10.4. The fourth-order valence-electron chi connectivity index (χ4n) is 2.39. The van der Waals surface area contributed by atoms with E-state index in [2.05, 4.69) is 64.1 Å². The first-order valence-electron chi connectivity index (χ1n) is 7.97. The van der Waals surface area contributed by atoms with Gasteiger partial charge < -0.3 is 15.3 Å². The van der Waals surface area contributed by atoms with Crippen LogP contribution in [0.1, 0.15) is 50.8 Å². The van der Waals surface area contributed by atoms with E-state index in [9.17, 15) is 5.11 Å². The topological polar surface area (TPSA) is 35.5 Å². The van der Waals surface area contributed by atoms with Crippen molar-refractivity contribution in [1.29, 1.82) is 0 Å². The summed E-state index contributed by atoms with van der Waals surface area (Å²) in [7, 11) is 4.16. The molecule has 0 radical (unpaired) electrons. The zero-order chi connectivity index (χ0) is 16.0.